The average molecular weight is 534 g/mol. The number of unbranched alkanes of at least 4 members (excludes halogenated alkanes) is 2. The fourth-order valence-corrected chi connectivity index (χ4v) is 4.77. The van der Waals surface area contributed by atoms with Crippen molar-refractivity contribution in [1.82, 2.24) is 0 Å². The molecule has 1 aliphatic rings. The van der Waals surface area contributed by atoms with Crippen molar-refractivity contribution in [2.75, 3.05) is 6.61 Å². The van der Waals surface area contributed by atoms with Gasteiger partial charge in [0.25, 0.3) is 0 Å². The number of rotatable bonds is 11. The van der Waals surface area contributed by atoms with Crippen LogP contribution < -0.4 is 9.47 Å². The van der Waals surface area contributed by atoms with E-state index in [-0.39, 0.29) is 5.97 Å². The highest BCUT2D eigenvalue weighted by Crippen LogP contribution is 2.34. The van der Waals surface area contributed by atoms with Crippen molar-refractivity contribution >= 4 is 28.6 Å². The highest BCUT2D eigenvalue weighted by atomic mass is 127. The summed E-state index contributed by atoms with van der Waals surface area (Å²) in [5.41, 5.74) is 0.529. The fourth-order valence-electron chi connectivity index (χ4n) is 4.41. The van der Waals surface area contributed by atoms with Crippen LogP contribution in [0.2, 0.25) is 0 Å². The summed E-state index contributed by atoms with van der Waals surface area (Å²) in [5.74, 6) is 2.88. The normalized spacial score (nSPS) is 18.5. The number of benzene rings is 2. The molecule has 0 aliphatic heterocycles. The van der Waals surface area contributed by atoms with E-state index in [1.54, 1.807) is 24.3 Å². The van der Waals surface area contributed by atoms with Crippen LogP contribution in [0.25, 0.3) is 0 Å². The number of carbonyl (C=O) groups excluding carboxylic acids is 1. The predicted octanol–water partition coefficient (Wildman–Crippen LogP) is 8.06. The van der Waals surface area contributed by atoms with Crippen LogP contribution in [-0.4, -0.2) is 12.6 Å². The minimum absolute atomic E-state index is 0.349. The molecule has 3 nitrogen and oxygen atoms in total. The van der Waals surface area contributed by atoms with E-state index in [2.05, 4.69) is 29.5 Å². The second-order valence-corrected chi connectivity index (χ2v) is 9.99. The summed E-state index contributed by atoms with van der Waals surface area (Å²) in [5, 5.41) is 0. The molecule has 0 N–H and O–H groups in total. The molecule has 0 spiro atoms. The van der Waals surface area contributed by atoms with Crippen LogP contribution >= 0.6 is 22.6 Å². The monoisotopic (exact) mass is 534 g/mol. The lowest BCUT2D eigenvalue weighted by Gasteiger charge is -2.28. The van der Waals surface area contributed by atoms with Crippen molar-refractivity contribution in [3.05, 3.63) is 57.7 Å². The Morgan fingerprint density at radius 2 is 1.42 bits per heavy atom. The lowest BCUT2D eigenvalue weighted by Crippen LogP contribution is -2.15. The van der Waals surface area contributed by atoms with E-state index in [0.717, 1.165) is 34.2 Å². The number of hydrogen-bond donors (Lipinski definition) is 0. The summed E-state index contributed by atoms with van der Waals surface area (Å²) in [6, 6.07) is 14.7. The molecule has 0 atom stereocenters. The van der Waals surface area contributed by atoms with Crippen LogP contribution in [0.1, 0.15) is 81.5 Å². The van der Waals surface area contributed by atoms with Crippen LogP contribution in [0.4, 0.5) is 0 Å². The summed E-state index contributed by atoms with van der Waals surface area (Å²) >= 11 is 2.22. The van der Waals surface area contributed by atoms with E-state index in [4.69, 9.17) is 9.47 Å². The zero-order valence-corrected chi connectivity index (χ0v) is 20.8. The summed E-state index contributed by atoms with van der Waals surface area (Å²) in [6.07, 6.45) is 13.6. The lowest BCUT2D eigenvalue weighted by molar-refractivity contribution is 0.0734. The average Bonchev–Trinajstić information content (AvgIpc) is 2.80. The van der Waals surface area contributed by atoms with E-state index < -0.39 is 0 Å². The van der Waals surface area contributed by atoms with E-state index in [9.17, 15) is 4.79 Å². The number of esters is 1. The van der Waals surface area contributed by atoms with Crippen molar-refractivity contribution in [1.29, 1.82) is 0 Å². The second kappa shape index (κ2) is 13.1. The maximum Gasteiger partial charge on any atom is 0.343 e. The first-order valence-electron chi connectivity index (χ1n) is 11.8. The number of carbonyl (C=O) groups is 1. The fraction of sp³-hybridized carbons (Fsp3) is 0.519. The summed E-state index contributed by atoms with van der Waals surface area (Å²) in [6.45, 7) is 3.02. The Hall–Kier alpha value is -1.56. The highest BCUT2D eigenvalue weighted by Gasteiger charge is 2.20. The molecule has 0 saturated heterocycles. The molecule has 0 bridgehead atoms. The maximum absolute atomic E-state index is 12.3. The minimum atomic E-state index is -0.349. The Kier molecular flexibility index (Phi) is 10.2. The van der Waals surface area contributed by atoms with Crippen molar-refractivity contribution in [3.8, 4) is 11.5 Å². The number of hydrogen-bond acceptors (Lipinski definition) is 3. The molecule has 2 aromatic rings. The van der Waals surface area contributed by atoms with E-state index in [1.165, 1.54) is 57.8 Å². The van der Waals surface area contributed by atoms with Gasteiger partial charge in [-0.1, -0.05) is 58.3 Å². The molecule has 0 unspecified atom stereocenters. The molecule has 0 aromatic heterocycles. The number of halogens is 1. The van der Waals surface area contributed by atoms with Gasteiger partial charge in [-0.3, -0.25) is 0 Å². The molecule has 31 heavy (non-hydrogen) atoms. The van der Waals surface area contributed by atoms with Gasteiger partial charge in [0.1, 0.15) is 11.5 Å². The van der Waals surface area contributed by atoms with E-state index in [1.807, 2.05) is 24.3 Å². The van der Waals surface area contributed by atoms with Crippen LogP contribution in [0.5, 0.6) is 11.5 Å². The summed E-state index contributed by atoms with van der Waals surface area (Å²) in [4.78, 5) is 12.3. The van der Waals surface area contributed by atoms with Gasteiger partial charge in [-0.2, -0.15) is 0 Å². The summed E-state index contributed by atoms with van der Waals surface area (Å²) < 4.78 is 12.4. The van der Waals surface area contributed by atoms with Gasteiger partial charge in [0.05, 0.1) is 12.2 Å². The Morgan fingerprint density at radius 1 is 0.839 bits per heavy atom. The van der Waals surface area contributed by atoms with Gasteiger partial charge in [0.15, 0.2) is 0 Å². The highest BCUT2D eigenvalue weighted by molar-refractivity contribution is 14.1. The van der Waals surface area contributed by atoms with E-state index in [0.29, 0.717) is 11.3 Å². The molecular weight excluding hydrogens is 499 g/mol. The van der Waals surface area contributed by atoms with E-state index >= 15 is 0 Å². The number of ether oxygens (including phenoxy) is 2. The minimum Gasteiger partial charge on any atom is -0.494 e. The van der Waals surface area contributed by atoms with Crippen LogP contribution in [0.3, 0.4) is 0 Å². The molecule has 1 aliphatic carbocycles. The molecule has 1 saturated carbocycles. The van der Waals surface area contributed by atoms with Crippen LogP contribution in [-0.2, 0) is 0 Å². The zero-order valence-electron chi connectivity index (χ0n) is 18.7. The van der Waals surface area contributed by atoms with Gasteiger partial charge in [-0.15, -0.1) is 0 Å². The molecule has 3 rings (SSSR count). The zero-order chi connectivity index (χ0) is 21.9. The third-order valence-corrected chi connectivity index (χ3v) is 7.04. The van der Waals surface area contributed by atoms with Crippen molar-refractivity contribution in [3.63, 3.8) is 0 Å². The molecule has 0 heterocycles. The largest absolute Gasteiger partial charge is 0.494 e. The molecular formula is C27H35IO3. The third kappa shape index (κ3) is 8.47. The topological polar surface area (TPSA) is 35.5 Å². The molecule has 168 valence electrons. The van der Waals surface area contributed by atoms with Crippen LogP contribution in [0.15, 0.2) is 48.5 Å². The second-order valence-electron chi connectivity index (χ2n) is 8.74. The Balaban J connectivity index is 1.32. The molecule has 2 aromatic carbocycles. The van der Waals surface area contributed by atoms with Crippen LogP contribution in [0, 0.1) is 15.4 Å². The summed E-state index contributed by atoms with van der Waals surface area (Å²) in [7, 11) is 0. The van der Waals surface area contributed by atoms with Crippen molar-refractivity contribution < 1.29 is 14.3 Å². The van der Waals surface area contributed by atoms with Gasteiger partial charge >= 0.3 is 5.97 Å². The smallest absolute Gasteiger partial charge is 0.343 e. The maximum atomic E-state index is 12.3. The Labute approximate surface area is 201 Å². The van der Waals surface area contributed by atoms with Gasteiger partial charge in [-0.25, -0.2) is 4.79 Å². The van der Waals surface area contributed by atoms with Crippen molar-refractivity contribution in [2.24, 2.45) is 11.8 Å². The Bertz CT molecular complexity index is 777. The first-order chi connectivity index (χ1) is 15.1. The molecule has 0 amide bonds. The molecule has 4 heteroatoms. The Morgan fingerprint density at radius 3 is 2.03 bits per heavy atom. The standard InChI is InChI=1S/C27H35IO3/c1-2-3-4-6-21-8-10-22(11-9-21)7-5-20-30-25-16-12-23(13-17-25)27(29)31-26-18-14-24(28)15-19-26/h12-19,21-22H,2-11,20H2,1H3/t21-,22-. The van der Waals surface area contributed by atoms with Gasteiger partial charge < -0.3 is 9.47 Å². The van der Waals surface area contributed by atoms with Gasteiger partial charge in [-0.05, 0) is 95.8 Å². The SMILES string of the molecule is CCCCC[C@H]1CC[C@H](CCCOc2ccc(C(=O)Oc3ccc(I)cc3)cc2)CC1. The molecule has 1 fully saturated rings. The first kappa shape index (κ1) is 24.1. The van der Waals surface area contributed by atoms with Gasteiger partial charge in [0, 0.05) is 3.57 Å². The first-order valence-corrected chi connectivity index (χ1v) is 12.9. The van der Waals surface area contributed by atoms with Crippen molar-refractivity contribution in [2.45, 2.75) is 71.1 Å². The van der Waals surface area contributed by atoms with Gasteiger partial charge in [0.2, 0.25) is 0 Å². The molecule has 0 radical (unpaired) electrons. The quantitative estimate of drug-likeness (QED) is 0.127. The predicted molar refractivity (Wildman–Crippen MR) is 135 cm³/mol. The lowest BCUT2D eigenvalue weighted by atomic mass is 9.78. The third-order valence-electron chi connectivity index (χ3n) is 6.32.